The number of hydrogen-bond donors (Lipinski definition) is 4. The van der Waals surface area contributed by atoms with Crippen LogP contribution in [0.1, 0.15) is 97.1 Å². The summed E-state index contributed by atoms with van der Waals surface area (Å²) in [4.78, 5) is 46.4. The van der Waals surface area contributed by atoms with Crippen molar-refractivity contribution in [2.24, 2.45) is 11.8 Å². The number of carbonyl (C=O) groups is 4. The Labute approximate surface area is 234 Å². The lowest BCUT2D eigenvalue weighted by molar-refractivity contribution is -0.143. The third kappa shape index (κ3) is 12.1. The first-order valence-corrected chi connectivity index (χ1v) is 15.7. The normalized spacial score (nSPS) is 12.7. The molecule has 38 heavy (non-hydrogen) atoms. The maximum atomic E-state index is 12.0. The van der Waals surface area contributed by atoms with E-state index < -0.39 is 23.9 Å². The molecular formula is C28H42O8S2. The van der Waals surface area contributed by atoms with Crippen LogP contribution in [0, 0.1) is 11.8 Å². The third-order valence-electron chi connectivity index (χ3n) is 6.50. The van der Waals surface area contributed by atoms with Crippen molar-refractivity contribution in [3.05, 3.63) is 34.4 Å². The van der Waals surface area contributed by atoms with Crippen LogP contribution in [-0.2, 0) is 22.4 Å². The van der Waals surface area contributed by atoms with Crippen molar-refractivity contribution in [1.29, 1.82) is 0 Å². The minimum absolute atomic E-state index is 0.148. The molecule has 4 N–H and O–H groups in total. The Morgan fingerprint density at radius 1 is 0.684 bits per heavy atom. The Hall–Kier alpha value is -2.20. The molecule has 0 aliphatic rings. The maximum absolute atomic E-state index is 12.0. The number of hydrogen-bond acceptors (Lipinski definition) is 6. The number of thioether (sulfide) groups is 2. The average Bonchev–Trinajstić information content (AvgIpc) is 2.86. The van der Waals surface area contributed by atoms with Gasteiger partial charge in [-0.1, -0.05) is 32.8 Å². The summed E-state index contributed by atoms with van der Waals surface area (Å²) < 4.78 is 0. The molecule has 0 saturated carbocycles. The second-order valence-corrected chi connectivity index (χ2v) is 11.8. The van der Waals surface area contributed by atoms with Crippen molar-refractivity contribution < 1.29 is 39.6 Å². The Balaban J connectivity index is 2.74. The molecule has 0 bridgehead atoms. The number of carboxylic acid groups (broad SMARTS) is 4. The third-order valence-corrected chi connectivity index (χ3v) is 8.70. The van der Waals surface area contributed by atoms with E-state index in [1.807, 2.05) is 13.8 Å². The van der Waals surface area contributed by atoms with Crippen molar-refractivity contribution in [2.45, 2.75) is 78.1 Å². The summed E-state index contributed by atoms with van der Waals surface area (Å²) in [5.74, 6) is -1.71. The highest BCUT2D eigenvalue weighted by atomic mass is 32.2. The topological polar surface area (TPSA) is 149 Å². The van der Waals surface area contributed by atoms with E-state index in [2.05, 4.69) is 0 Å². The van der Waals surface area contributed by atoms with Crippen LogP contribution in [0.3, 0.4) is 0 Å². The molecule has 1 rings (SSSR count). The summed E-state index contributed by atoms with van der Waals surface area (Å²) >= 11 is 3.32. The predicted octanol–water partition coefficient (Wildman–Crippen LogP) is 6.20. The molecular weight excluding hydrogens is 528 g/mol. The lowest BCUT2D eigenvalue weighted by atomic mass is 9.91. The van der Waals surface area contributed by atoms with Crippen LogP contribution in [0.2, 0.25) is 0 Å². The number of carboxylic acids is 4. The van der Waals surface area contributed by atoms with Crippen molar-refractivity contribution in [3.8, 4) is 0 Å². The van der Waals surface area contributed by atoms with Crippen molar-refractivity contribution in [1.82, 2.24) is 0 Å². The molecule has 8 nitrogen and oxygen atoms in total. The number of aryl methyl sites for hydroxylation is 1. The van der Waals surface area contributed by atoms with Crippen LogP contribution >= 0.6 is 23.5 Å². The van der Waals surface area contributed by atoms with E-state index in [0.29, 0.717) is 56.3 Å². The van der Waals surface area contributed by atoms with Crippen LogP contribution in [-0.4, -0.2) is 67.3 Å². The SMILES string of the molecule is CCCC(CCSCCCc1ccc(C(=O)O)c(C(=O)O)c1CCCSCCC(CCC)C(=O)O)C(=O)O. The highest BCUT2D eigenvalue weighted by Crippen LogP contribution is 2.25. The quantitative estimate of drug-likeness (QED) is 0.119. The van der Waals surface area contributed by atoms with E-state index >= 15 is 0 Å². The molecule has 0 aromatic heterocycles. The van der Waals surface area contributed by atoms with Gasteiger partial charge in [-0.3, -0.25) is 9.59 Å². The first-order valence-electron chi connectivity index (χ1n) is 13.4. The molecule has 0 heterocycles. The van der Waals surface area contributed by atoms with E-state index in [0.717, 1.165) is 42.1 Å². The van der Waals surface area contributed by atoms with Crippen LogP contribution in [0.15, 0.2) is 12.1 Å². The molecule has 0 spiro atoms. The number of aliphatic carboxylic acids is 2. The van der Waals surface area contributed by atoms with E-state index in [4.69, 9.17) is 0 Å². The standard InChI is InChI=1S/C28H42O8S2/c1-3-7-20(25(29)30)13-17-37-15-5-9-19-11-12-23(27(33)34)24(28(35)36)22(19)10-6-16-38-18-14-21(8-4-2)26(31)32/h11-12,20-21H,3-10,13-18H2,1-2H3,(H,29,30)(H,31,32)(H,33,34)(H,35,36). The molecule has 2 unspecified atom stereocenters. The van der Waals surface area contributed by atoms with Crippen LogP contribution in [0.5, 0.6) is 0 Å². The van der Waals surface area contributed by atoms with Gasteiger partial charge in [-0.05, 0) is 91.6 Å². The predicted molar refractivity (Wildman–Crippen MR) is 153 cm³/mol. The largest absolute Gasteiger partial charge is 0.481 e. The molecule has 1 aromatic carbocycles. The summed E-state index contributed by atoms with van der Waals surface area (Å²) in [6, 6.07) is 3.08. The fourth-order valence-electron chi connectivity index (χ4n) is 4.48. The smallest absolute Gasteiger partial charge is 0.336 e. The molecule has 0 aliphatic carbocycles. The summed E-state index contributed by atoms with van der Waals surface area (Å²) in [7, 11) is 0. The van der Waals surface area contributed by atoms with Crippen molar-refractivity contribution >= 4 is 47.4 Å². The van der Waals surface area contributed by atoms with E-state index in [-0.39, 0.29) is 23.0 Å². The highest BCUT2D eigenvalue weighted by Gasteiger charge is 2.23. The fraction of sp³-hybridized carbons (Fsp3) is 0.643. The first kappa shape index (κ1) is 33.8. The Morgan fingerprint density at radius 2 is 1.18 bits per heavy atom. The summed E-state index contributed by atoms with van der Waals surface area (Å²) in [6.07, 6.45) is 6.69. The average molecular weight is 571 g/mol. The minimum Gasteiger partial charge on any atom is -0.481 e. The second-order valence-electron chi connectivity index (χ2n) is 9.39. The van der Waals surface area contributed by atoms with Gasteiger partial charge < -0.3 is 20.4 Å². The van der Waals surface area contributed by atoms with Gasteiger partial charge in [-0.25, -0.2) is 9.59 Å². The summed E-state index contributed by atoms with van der Waals surface area (Å²) in [5.41, 5.74) is 1.04. The molecule has 214 valence electrons. The molecule has 10 heteroatoms. The fourth-order valence-corrected chi connectivity index (χ4v) is 6.49. The van der Waals surface area contributed by atoms with Crippen molar-refractivity contribution in [2.75, 3.05) is 23.0 Å². The van der Waals surface area contributed by atoms with E-state index in [1.165, 1.54) is 6.07 Å². The van der Waals surface area contributed by atoms with Gasteiger partial charge in [0.05, 0.1) is 23.0 Å². The van der Waals surface area contributed by atoms with Gasteiger partial charge in [0, 0.05) is 0 Å². The molecule has 0 saturated heterocycles. The molecule has 0 amide bonds. The molecule has 0 radical (unpaired) electrons. The Kier molecular flexibility index (Phi) is 16.9. The second kappa shape index (κ2) is 19.0. The monoisotopic (exact) mass is 570 g/mol. The molecule has 0 aliphatic heterocycles. The lowest BCUT2D eigenvalue weighted by Crippen LogP contribution is -2.15. The number of benzene rings is 1. The zero-order valence-corrected chi connectivity index (χ0v) is 24.1. The molecule has 2 atom stereocenters. The van der Waals surface area contributed by atoms with E-state index in [9.17, 15) is 39.6 Å². The van der Waals surface area contributed by atoms with Gasteiger partial charge in [-0.15, -0.1) is 0 Å². The van der Waals surface area contributed by atoms with Gasteiger partial charge in [0.25, 0.3) is 0 Å². The Bertz CT molecular complexity index is 918. The van der Waals surface area contributed by atoms with Crippen LogP contribution in [0.4, 0.5) is 0 Å². The highest BCUT2D eigenvalue weighted by molar-refractivity contribution is 7.99. The number of rotatable bonds is 22. The van der Waals surface area contributed by atoms with Crippen molar-refractivity contribution in [3.63, 3.8) is 0 Å². The zero-order valence-electron chi connectivity index (χ0n) is 22.4. The summed E-state index contributed by atoms with van der Waals surface area (Å²) in [6.45, 7) is 3.94. The minimum atomic E-state index is -1.27. The lowest BCUT2D eigenvalue weighted by Gasteiger charge is -2.16. The van der Waals surface area contributed by atoms with Gasteiger partial charge in [0.15, 0.2) is 0 Å². The Morgan fingerprint density at radius 3 is 1.61 bits per heavy atom. The maximum Gasteiger partial charge on any atom is 0.336 e. The van der Waals surface area contributed by atoms with Gasteiger partial charge in [-0.2, -0.15) is 23.5 Å². The van der Waals surface area contributed by atoms with Crippen LogP contribution in [0.25, 0.3) is 0 Å². The zero-order chi connectivity index (χ0) is 28.5. The van der Waals surface area contributed by atoms with Crippen LogP contribution < -0.4 is 0 Å². The first-order chi connectivity index (χ1) is 18.1. The molecule has 1 aromatic rings. The summed E-state index contributed by atoms with van der Waals surface area (Å²) in [5, 5.41) is 37.9. The molecule has 0 fully saturated rings. The number of aromatic carboxylic acids is 2. The van der Waals surface area contributed by atoms with E-state index in [1.54, 1.807) is 29.6 Å². The van der Waals surface area contributed by atoms with Gasteiger partial charge >= 0.3 is 23.9 Å². The van der Waals surface area contributed by atoms with Gasteiger partial charge in [0.1, 0.15) is 0 Å². The van der Waals surface area contributed by atoms with Gasteiger partial charge in [0.2, 0.25) is 0 Å².